The van der Waals surface area contributed by atoms with Crippen molar-refractivity contribution in [2.75, 3.05) is 0 Å². The van der Waals surface area contributed by atoms with Gasteiger partial charge in [-0.05, 0) is 45.5 Å². The van der Waals surface area contributed by atoms with Gasteiger partial charge in [0.1, 0.15) is 11.2 Å². The van der Waals surface area contributed by atoms with Crippen LogP contribution in [0.1, 0.15) is 0 Å². The molecule has 0 atom stereocenters. The molecule has 0 N–H and O–H groups in total. The van der Waals surface area contributed by atoms with Crippen LogP contribution >= 0.6 is 0 Å². The number of rotatable bonds is 4. The van der Waals surface area contributed by atoms with Crippen LogP contribution in [-0.2, 0) is 0 Å². The summed E-state index contributed by atoms with van der Waals surface area (Å²) in [6.07, 6.45) is 0. The van der Waals surface area contributed by atoms with Crippen molar-refractivity contribution in [3.05, 3.63) is 152 Å². The highest BCUT2D eigenvalue weighted by Crippen LogP contribution is 2.39. The quantitative estimate of drug-likeness (QED) is 0.196. The van der Waals surface area contributed by atoms with Gasteiger partial charge in [-0.15, -0.1) is 0 Å². The van der Waals surface area contributed by atoms with Crippen molar-refractivity contribution in [1.29, 1.82) is 0 Å². The Morgan fingerprint density at radius 2 is 0.867 bits per heavy atom. The average Bonchev–Trinajstić information content (AvgIpc) is 3.51. The van der Waals surface area contributed by atoms with Gasteiger partial charge in [0, 0.05) is 32.8 Å². The largest absolute Gasteiger partial charge is 0.456 e. The summed E-state index contributed by atoms with van der Waals surface area (Å²) in [4.78, 5) is 14.6. The van der Waals surface area contributed by atoms with E-state index in [4.69, 9.17) is 19.4 Å². The van der Waals surface area contributed by atoms with Crippen molar-refractivity contribution in [1.82, 2.24) is 15.0 Å². The number of hydrogen-bond acceptors (Lipinski definition) is 4. The van der Waals surface area contributed by atoms with E-state index in [9.17, 15) is 0 Å². The molecule has 0 aliphatic rings. The monoisotopic (exact) mass is 575 g/mol. The molecule has 210 valence electrons. The Hall–Kier alpha value is -6.13. The second-order valence-corrected chi connectivity index (χ2v) is 11.3. The molecule has 0 unspecified atom stereocenters. The molecule has 0 radical (unpaired) electrons. The zero-order valence-electron chi connectivity index (χ0n) is 24.2. The van der Waals surface area contributed by atoms with Gasteiger partial charge in [0.2, 0.25) is 0 Å². The van der Waals surface area contributed by atoms with Crippen LogP contribution in [0.15, 0.2) is 156 Å². The molecule has 4 heteroatoms. The summed E-state index contributed by atoms with van der Waals surface area (Å²) in [7, 11) is 0. The summed E-state index contributed by atoms with van der Waals surface area (Å²) in [5.74, 6) is 1.96. The van der Waals surface area contributed by atoms with E-state index in [1.165, 1.54) is 26.9 Å². The minimum Gasteiger partial charge on any atom is -0.456 e. The Morgan fingerprint density at radius 3 is 1.56 bits per heavy atom. The van der Waals surface area contributed by atoms with E-state index in [1.807, 2.05) is 72.8 Å². The van der Waals surface area contributed by atoms with Gasteiger partial charge < -0.3 is 4.42 Å². The number of para-hydroxylation sites is 1. The summed E-state index contributed by atoms with van der Waals surface area (Å²) >= 11 is 0. The van der Waals surface area contributed by atoms with Gasteiger partial charge >= 0.3 is 0 Å². The summed E-state index contributed by atoms with van der Waals surface area (Å²) in [5, 5.41) is 7.18. The van der Waals surface area contributed by atoms with Gasteiger partial charge in [-0.1, -0.05) is 133 Å². The Labute approximate surface area is 259 Å². The van der Waals surface area contributed by atoms with Crippen LogP contribution in [0.4, 0.5) is 0 Å². The van der Waals surface area contributed by atoms with Crippen LogP contribution < -0.4 is 0 Å². The molecular formula is C41H25N3O. The summed E-state index contributed by atoms with van der Waals surface area (Å²) in [6, 6.07) is 52.3. The molecule has 4 nitrogen and oxygen atoms in total. The van der Waals surface area contributed by atoms with Gasteiger partial charge in [-0.3, -0.25) is 0 Å². The highest BCUT2D eigenvalue weighted by atomic mass is 16.3. The molecule has 9 rings (SSSR count). The van der Waals surface area contributed by atoms with E-state index in [0.717, 1.165) is 44.4 Å². The zero-order valence-corrected chi connectivity index (χ0v) is 24.2. The number of hydrogen-bond donors (Lipinski definition) is 0. The van der Waals surface area contributed by atoms with Gasteiger partial charge in [-0.25, -0.2) is 15.0 Å². The van der Waals surface area contributed by atoms with Crippen molar-refractivity contribution >= 4 is 43.5 Å². The Kier molecular flexibility index (Phi) is 5.78. The summed E-state index contributed by atoms with van der Waals surface area (Å²) < 4.78 is 6.20. The lowest BCUT2D eigenvalue weighted by molar-refractivity contribution is 0.669. The summed E-state index contributed by atoms with van der Waals surface area (Å²) in [5.41, 5.74) is 6.98. The maximum absolute atomic E-state index is 6.20. The number of fused-ring (bicyclic) bond motifs is 7. The first-order valence-corrected chi connectivity index (χ1v) is 15.0. The topological polar surface area (TPSA) is 51.8 Å². The smallest absolute Gasteiger partial charge is 0.164 e. The van der Waals surface area contributed by atoms with Crippen LogP contribution in [0.3, 0.4) is 0 Å². The van der Waals surface area contributed by atoms with Gasteiger partial charge in [-0.2, -0.15) is 0 Å². The Balaban J connectivity index is 1.13. The van der Waals surface area contributed by atoms with Crippen molar-refractivity contribution in [3.8, 4) is 45.3 Å². The molecule has 7 aromatic carbocycles. The molecule has 0 aliphatic heterocycles. The molecular weight excluding hydrogens is 550 g/mol. The minimum atomic E-state index is 0.649. The number of aromatic nitrogens is 3. The van der Waals surface area contributed by atoms with Crippen LogP contribution in [0.5, 0.6) is 0 Å². The maximum atomic E-state index is 6.20. The van der Waals surface area contributed by atoms with Gasteiger partial charge in [0.05, 0.1) is 0 Å². The highest BCUT2D eigenvalue weighted by molar-refractivity contribution is 6.26. The third-order valence-electron chi connectivity index (χ3n) is 8.51. The molecule has 0 saturated carbocycles. The first kappa shape index (κ1) is 25.4. The highest BCUT2D eigenvalue weighted by Gasteiger charge is 2.14. The predicted octanol–water partition coefficient (Wildman–Crippen LogP) is 10.7. The summed E-state index contributed by atoms with van der Waals surface area (Å²) in [6.45, 7) is 0. The van der Waals surface area contributed by atoms with Crippen molar-refractivity contribution < 1.29 is 4.42 Å². The first-order valence-electron chi connectivity index (χ1n) is 15.0. The fourth-order valence-corrected chi connectivity index (χ4v) is 6.30. The SMILES string of the molecule is c1ccc(-c2nc(-c3ccccc3)nc(-c3ccc(-c4ccc5c(ccc6ccc7oc8ccccc8c7c65)c4)cc3)n2)cc1. The lowest BCUT2D eigenvalue weighted by Crippen LogP contribution is -2.00. The fourth-order valence-electron chi connectivity index (χ4n) is 6.30. The normalized spacial score (nSPS) is 11.6. The molecule has 0 fully saturated rings. The molecule has 0 spiro atoms. The van der Waals surface area contributed by atoms with Crippen molar-refractivity contribution in [2.45, 2.75) is 0 Å². The molecule has 2 heterocycles. The standard InChI is InChI=1S/C41H25N3O/c1-3-9-28(10-4-1)39-42-40(29-11-5-2-6-12-29)44-41(43-39)30-18-15-26(16-19-30)31-21-23-33-32(25-31)20-17-27-22-24-36-38(37(27)33)34-13-7-8-14-35(34)45-36/h1-25H. The van der Waals surface area contributed by atoms with Crippen LogP contribution in [-0.4, -0.2) is 15.0 Å². The van der Waals surface area contributed by atoms with E-state index in [-0.39, 0.29) is 0 Å². The van der Waals surface area contributed by atoms with Gasteiger partial charge in [0.15, 0.2) is 17.5 Å². The van der Waals surface area contributed by atoms with Crippen LogP contribution in [0, 0.1) is 0 Å². The molecule has 9 aromatic rings. The number of nitrogens with zero attached hydrogens (tertiary/aromatic N) is 3. The van der Waals surface area contributed by atoms with Gasteiger partial charge in [0.25, 0.3) is 0 Å². The number of furan rings is 1. The third kappa shape index (κ3) is 4.35. The Bertz CT molecular complexity index is 2460. The van der Waals surface area contributed by atoms with E-state index in [2.05, 4.69) is 78.9 Å². The second kappa shape index (κ2) is 10.2. The molecule has 0 saturated heterocycles. The molecule has 45 heavy (non-hydrogen) atoms. The second-order valence-electron chi connectivity index (χ2n) is 11.3. The predicted molar refractivity (Wildman–Crippen MR) is 184 cm³/mol. The molecule has 0 amide bonds. The lowest BCUT2D eigenvalue weighted by atomic mass is 9.94. The number of benzene rings is 7. The first-order chi connectivity index (χ1) is 22.3. The van der Waals surface area contributed by atoms with E-state index >= 15 is 0 Å². The third-order valence-corrected chi connectivity index (χ3v) is 8.51. The average molecular weight is 576 g/mol. The molecule has 0 bridgehead atoms. The van der Waals surface area contributed by atoms with E-state index in [0.29, 0.717) is 17.5 Å². The lowest BCUT2D eigenvalue weighted by Gasteiger charge is -2.10. The zero-order chi connectivity index (χ0) is 29.7. The van der Waals surface area contributed by atoms with Crippen molar-refractivity contribution in [3.63, 3.8) is 0 Å². The molecule has 2 aromatic heterocycles. The van der Waals surface area contributed by atoms with Crippen LogP contribution in [0.2, 0.25) is 0 Å². The Morgan fingerprint density at radius 1 is 0.333 bits per heavy atom. The minimum absolute atomic E-state index is 0.649. The molecule has 0 aliphatic carbocycles. The fraction of sp³-hybridized carbons (Fsp3) is 0. The van der Waals surface area contributed by atoms with Crippen molar-refractivity contribution in [2.24, 2.45) is 0 Å². The van der Waals surface area contributed by atoms with Crippen LogP contribution in [0.25, 0.3) is 88.8 Å². The van der Waals surface area contributed by atoms with E-state index < -0.39 is 0 Å². The maximum Gasteiger partial charge on any atom is 0.164 e. The van der Waals surface area contributed by atoms with E-state index in [1.54, 1.807) is 0 Å².